The van der Waals surface area contributed by atoms with Crippen molar-refractivity contribution in [2.24, 2.45) is 0 Å². The summed E-state index contributed by atoms with van der Waals surface area (Å²) in [6.07, 6.45) is 1.78. The van der Waals surface area contributed by atoms with E-state index in [1.807, 2.05) is 12.1 Å². The summed E-state index contributed by atoms with van der Waals surface area (Å²) in [5.41, 5.74) is 13.3. The number of rotatable bonds is 5. The SMILES string of the molecule is CCNc1ccnc(CSc2nc(N)cc(N)n2)c1. The van der Waals surface area contributed by atoms with Gasteiger partial charge >= 0.3 is 0 Å². The van der Waals surface area contributed by atoms with Crippen LogP contribution in [0.4, 0.5) is 17.3 Å². The number of hydrogen-bond donors (Lipinski definition) is 3. The normalized spacial score (nSPS) is 10.4. The highest BCUT2D eigenvalue weighted by Gasteiger charge is 2.03. The second-order valence-corrected chi connectivity index (χ2v) is 4.80. The molecule has 2 aromatic rings. The van der Waals surface area contributed by atoms with Crippen LogP contribution in [0, 0.1) is 0 Å². The van der Waals surface area contributed by atoms with Crippen LogP contribution in [-0.4, -0.2) is 21.5 Å². The third-order valence-corrected chi connectivity index (χ3v) is 3.17. The Labute approximate surface area is 116 Å². The number of nitrogens with one attached hydrogen (secondary N) is 1. The zero-order chi connectivity index (χ0) is 13.7. The maximum atomic E-state index is 5.62. The molecule has 0 amide bonds. The summed E-state index contributed by atoms with van der Waals surface area (Å²) in [5, 5.41) is 3.81. The van der Waals surface area contributed by atoms with Crippen molar-refractivity contribution in [3.63, 3.8) is 0 Å². The van der Waals surface area contributed by atoms with Crippen molar-refractivity contribution >= 4 is 29.1 Å². The minimum Gasteiger partial charge on any atom is -0.385 e. The van der Waals surface area contributed by atoms with Gasteiger partial charge in [0, 0.05) is 30.2 Å². The van der Waals surface area contributed by atoms with Crippen LogP contribution in [0.3, 0.4) is 0 Å². The van der Waals surface area contributed by atoms with Crippen molar-refractivity contribution < 1.29 is 0 Å². The Morgan fingerprint density at radius 2 is 1.95 bits per heavy atom. The molecular formula is C12H16N6S. The Morgan fingerprint density at radius 1 is 1.21 bits per heavy atom. The summed E-state index contributed by atoms with van der Waals surface area (Å²) in [6.45, 7) is 2.93. The maximum Gasteiger partial charge on any atom is 0.191 e. The van der Waals surface area contributed by atoms with Crippen molar-refractivity contribution in [3.05, 3.63) is 30.1 Å². The quantitative estimate of drug-likeness (QED) is 0.564. The molecule has 0 saturated carbocycles. The van der Waals surface area contributed by atoms with Gasteiger partial charge in [-0.15, -0.1) is 0 Å². The standard InChI is InChI=1S/C12H16N6S/c1-2-15-8-3-4-16-9(5-8)7-19-12-17-10(13)6-11(14)18-12/h3-6H,2,7H2,1H3,(H,15,16)(H4,13,14,17,18). The molecular weight excluding hydrogens is 260 g/mol. The molecule has 0 atom stereocenters. The number of nitrogen functional groups attached to an aromatic ring is 2. The molecule has 0 aliphatic heterocycles. The highest BCUT2D eigenvalue weighted by molar-refractivity contribution is 7.98. The lowest BCUT2D eigenvalue weighted by Crippen LogP contribution is -2.00. The summed E-state index contributed by atoms with van der Waals surface area (Å²) in [4.78, 5) is 12.5. The predicted molar refractivity (Wildman–Crippen MR) is 78.8 cm³/mol. The zero-order valence-corrected chi connectivity index (χ0v) is 11.4. The van der Waals surface area contributed by atoms with E-state index in [0.29, 0.717) is 22.5 Å². The lowest BCUT2D eigenvalue weighted by molar-refractivity contribution is 0.982. The van der Waals surface area contributed by atoms with Crippen LogP contribution < -0.4 is 16.8 Å². The Hall–Kier alpha value is -2.02. The van der Waals surface area contributed by atoms with E-state index in [1.54, 1.807) is 6.20 Å². The number of pyridine rings is 1. The molecule has 100 valence electrons. The predicted octanol–water partition coefficient (Wildman–Crippen LogP) is 1.76. The fourth-order valence-corrected chi connectivity index (χ4v) is 2.31. The summed E-state index contributed by atoms with van der Waals surface area (Å²) in [5.74, 6) is 1.43. The molecule has 0 radical (unpaired) electrons. The van der Waals surface area contributed by atoms with Gasteiger partial charge in [-0.3, -0.25) is 4.98 Å². The second-order valence-electron chi connectivity index (χ2n) is 3.86. The molecule has 0 fully saturated rings. The van der Waals surface area contributed by atoms with Crippen molar-refractivity contribution in [1.82, 2.24) is 15.0 Å². The molecule has 6 nitrogen and oxygen atoms in total. The summed E-state index contributed by atoms with van der Waals surface area (Å²) >= 11 is 1.46. The lowest BCUT2D eigenvalue weighted by atomic mass is 10.3. The van der Waals surface area contributed by atoms with Gasteiger partial charge in [0.1, 0.15) is 11.6 Å². The zero-order valence-electron chi connectivity index (χ0n) is 10.6. The van der Waals surface area contributed by atoms with Crippen LogP contribution in [0.1, 0.15) is 12.6 Å². The molecule has 2 heterocycles. The van der Waals surface area contributed by atoms with E-state index in [2.05, 4.69) is 27.2 Å². The van der Waals surface area contributed by atoms with E-state index in [-0.39, 0.29) is 0 Å². The second kappa shape index (κ2) is 6.24. The first-order valence-corrected chi connectivity index (χ1v) is 6.87. The topological polar surface area (TPSA) is 103 Å². The highest BCUT2D eigenvalue weighted by Crippen LogP contribution is 2.21. The lowest BCUT2D eigenvalue weighted by Gasteiger charge is -2.05. The van der Waals surface area contributed by atoms with Crippen LogP contribution in [0.5, 0.6) is 0 Å². The first-order chi connectivity index (χ1) is 9.17. The smallest absolute Gasteiger partial charge is 0.191 e. The maximum absolute atomic E-state index is 5.62. The van der Waals surface area contributed by atoms with Gasteiger partial charge in [0.25, 0.3) is 0 Å². The Kier molecular flexibility index (Phi) is 4.40. The van der Waals surface area contributed by atoms with Crippen LogP contribution >= 0.6 is 11.8 Å². The fraction of sp³-hybridized carbons (Fsp3) is 0.250. The largest absolute Gasteiger partial charge is 0.385 e. The van der Waals surface area contributed by atoms with E-state index in [9.17, 15) is 0 Å². The average Bonchev–Trinajstić information content (AvgIpc) is 2.36. The van der Waals surface area contributed by atoms with Gasteiger partial charge in [0.05, 0.1) is 5.69 Å². The molecule has 0 aliphatic carbocycles. The van der Waals surface area contributed by atoms with Crippen molar-refractivity contribution in [3.8, 4) is 0 Å². The van der Waals surface area contributed by atoms with Gasteiger partial charge < -0.3 is 16.8 Å². The molecule has 0 aliphatic rings. The van der Waals surface area contributed by atoms with Crippen LogP contribution in [0.2, 0.25) is 0 Å². The molecule has 0 bridgehead atoms. The van der Waals surface area contributed by atoms with Crippen molar-refractivity contribution in [2.45, 2.75) is 17.8 Å². The van der Waals surface area contributed by atoms with Crippen molar-refractivity contribution in [1.29, 1.82) is 0 Å². The first-order valence-electron chi connectivity index (χ1n) is 5.89. The summed E-state index contributed by atoms with van der Waals surface area (Å²) in [6, 6.07) is 5.48. The number of nitrogens with zero attached hydrogens (tertiary/aromatic N) is 3. The molecule has 19 heavy (non-hydrogen) atoms. The molecule has 0 saturated heterocycles. The number of hydrogen-bond acceptors (Lipinski definition) is 7. The van der Waals surface area contributed by atoms with Crippen LogP contribution in [0.15, 0.2) is 29.6 Å². The monoisotopic (exact) mass is 276 g/mol. The highest BCUT2D eigenvalue weighted by atomic mass is 32.2. The minimum atomic E-state index is 0.379. The Balaban J connectivity index is 2.03. The van der Waals surface area contributed by atoms with Crippen molar-refractivity contribution in [2.75, 3.05) is 23.3 Å². The minimum absolute atomic E-state index is 0.379. The van der Waals surface area contributed by atoms with Crippen LogP contribution in [0.25, 0.3) is 0 Å². The van der Waals surface area contributed by atoms with Gasteiger partial charge in [-0.05, 0) is 19.1 Å². The van der Waals surface area contributed by atoms with Crippen LogP contribution in [-0.2, 0) is 5.75 Å². The van der Waals surface area contributed by atoms with E-state index in [4.69, 9.17) is 11.5 Å². The van der Waals surface area contributed by atoms with E-state index >= 15 is 0 Å². The van der Waals surface area contributed by atoms with E-state index in [1.165, 1.54) is 17.8 Å². The van der Waals surface area contributed by atoms with E-state index in [0.717, 1.165) is 17.9 Å². The first kappa shape index (κ1) is 13.4. The van der Waals surface area contributed by atoms with Gasteiger partial charge in [0.2, 0.25) is 0 Å². The van der Waals surface area contributed by atoms with Gasteiger partial charge in [-0.1, -0.05) is 11.8 Å². The van der Waals surface area contributed by atoms with E-state index < -0.39 is 0 Å². The third kappa shape index (κ3) is 3.99. The molecule has 7 heteroatoms. The van der Waals surface area contributed by atoms with Gasteiger partial charge in [-0.25, -0.2) is 9.97 Å². The summed E-state index contributed by atoms with van der Waals surface area (Å²) < 4.78 is 0. The third-order valence-electron chi connectivity index (χ3n) is 2.29. The van der Waals surface area contributed by atoms with Gasteiger partial charge in [0.15, 0.2) is 5.16 Å². The summed E-state index contributed by atoms with van der Waals surface area (Å²) in [7, 11) is 0. The average molecular weight is 276 g/mol. The molecule has 5 N–H and O–H groups in total. The number of anilines is 3. The molecule has 0 aromatic carbocycles. The Morgan fingerprint density at radius 3 is 2.63 bits per heavy atom. The molecule has 0 unspecified atom stereocenters. The molecule has 2 aromatic heterocycles. The molecule has 2 rings (SSSR count). The Bertz CT molecular complexity index is 539. The van der Waals surface area contributed by atoms with Gasteiger partial charge in [-0.2, -0.15) is 0 Å². The molecule has 0 spiro atoms. The number of aromatic nitrogens is 3. The number of nitrogens with two attached hydrogens (primary N) is 2. The number of thioether (sulfide) groups is 1. The fourth-order valence-electron chi connectivity index (χ4n) is 1.54.